The summed E-state index contributed by atoms with van der Waals surface area (Å²) in [5.41, 5.74) is 0.816. The molecule has 94 valence electrons. The third-order valence-electron chi connectivity index (χ3n) is 2.64. The quantitative estimate of drug-likeness (QED) is 0.933. The molecule has 0 aliphatic rings. The SMILES string of the molecule is Cc1ncc(CC(C(=O)O)c2ccc(Br)cc2)s1. The summed E-state index contributed by atoms with van der Waals surface area (Å²) in [5.74, 6) is -1.32. The van der Waals surface area contributed by atoms with Crippen molar-refractivity contribution in [2.45, 2.75) is 19.3 Å². The van der Waals surface area contributed by atoms with Crippen molar-refractivity contribution in [3.05, 3.63) is 50.4 Å². The van der Waals surface area contributed by atoms with Crippen LogP contribution in [0.25, 0.3) is 0 Å². The van der Waals surface area contributed by atoms with Gasteiger partial charge in [-0.05, 0) is 24.6 Å². The number of hydrogen-bond acceptors (Lipinski definition) is 3. The van der Waals surface area contributed by atoms with Gasteiger partial charge in [-0.15, -0.1) is 11.3 Å². The number of aryl methyl sites for hydroxylation is 1. The van der Waals surface area contributed by atoms with Crippen LogP contribution in [0, 0.1) is 6.92 Å². The summed E-state index contributed by atoms with van der Waals surface area (Å²) in [7, 11) is 0. The van der Waals surface area contributed by atoms with Crippen molar-refractivity contribution in [2.75, 3.05) is 0 Å². The molecule has 2 aromatic rings. The Morgan fingerprint density at radius 1 is 1.44 bits per heavy atom. The first-order chi connectivity index (χ1) is 8.56. The maximum Gasteiger partial charge on any atom is 0.311 e. The Balaban J connectivity index is 2.23. The highest BCUT2D eigenvalue weighted by Gasteiger charge is 2.21. The third kappa shape index (κ3) is 3.17. The van der Waals surface area contributed by atoms with Gasteiger partial charge in [0.15, 0.2) is 0 Å². The highest BCUT2D eigenvalue weighted by Crippen LogP contribution is 2.25. The smallest absolute Gasteiger partial charge is 0.311 e. The van der Waals surface area contributed by atoms with Crippen molar-refractivity contribution in [1.82, 2.24) is 4.98 Å². The fourth-order valence-electron chi connectivity index (χ4n) is 1.74. The maximum atomic E-state index is 11.4. The maximum absolute atomic E-state index is 11.4. The van der Waals surface area contributed by atoms with E-state index in [0.29, 0.717) is 6.42 Å². The number of carboxylic acid groups (broad SMARTS) is 1. The molecule has 1 atom stereocenters. The zero-order valence-corrected chi connectivity index (χ0v) is 12.2. The van der Waals surface area contributed by atoms with Gasteiger partial charge in [-0.3, -0.25) is 4.79 Å². The molecule has 0 saturated heterocycles. The molecule has 0 aliphatic carbocycles. The number of carbonyl (C=O) groups is 1. The number of thiazole rings is 1. The molecule has 0 radical (unpaired) electrons. The van der Waals surface area contributed by atoms with Crippen LogP contribution in [0.3, 0.4) is 0 Å². The van der Waals surface area contributed by atoms with Crippen LogP contribution in [0.5, 0.6) is 0 Å². The number of carboxylic acids is 1. The predicted molar refractivity (Wildman–Crippen MR) is 75.1 cm³/mol. The van der Waals surface area contributed by atoms with Crippen molar-refractivity contribution in [3.63, 3.8) is 0 Å². The average Bonchev–Trinajstić information content (AvgIpc) is 2.73. The predicted octanol–water partition coefficient (Wildman–Crippen LogP) is 3.62. The van der Waals surface area contributed by atoms with Crippen LogP contribution in [0.1, 0.15) is 21.4 Å². The summed E-state index contributed by atoms with van der Waals surface area (Å²) in [6.07, 6.45) is 2.25. The van der Waals surface area contributed by atoms with Gasteiger partial charge in [0.1, 0.15) is 0 Å². The van der Waals surface area contributed by atoms with Crippen LogP contribution in [-0.2, 0) is 11.2 Å². The standard InChI is InChI=1S/C13H12BrNO2S/c1-8-15-7-11(18-8)6-12(13(16)17)9-2-4-10(14)5-3-9/h2-5,7,12H,6H2,1H3,(H,16,17). The molecule has 0 fully saturated rings. The summed E-state index contributed by atoms with van der Waals surface area (Å²) in [4.78, 5) is 16.5. The van der Waals surface area contributed by atoms with E-state index in [-0.39, 0.29) is 0 Å². The van der Waals surface area contributed by atoms with Gasteiger partial charge in [-0.1, -0.05) is 28.1 Å². The van der Waals surface area contributed by atoms with Crippen LogP contribution in [0.4, 0.5) is 0 Å². The van der Waals surface area contributed by atoms with E-state index in [4.69, 9.17) is 0 Å². The van der Waals surface area contributed by atoms with E-state index in [1.165, 1.54) is 0 Å². The third-order valence-corrected chi connectivity index (χ3v) is 4.11. The Kier molecular flexibility index (Phi) is 4.14. The summed E-state index contributed by atoms with van der Waals surface area (Å²) in [5, 5.41) is 10.3. The second kappa shape index (κ2) is 5.63. The molecule has 18 heavy (non-hydrogen) atoms. The first kappa shape index (κ1) is 13.2. The number of nitrogens with zero attached hydrogens (tertiary/aromatic N) is 1. The lowest BCUT2D eigenvalue weighted by Crippen LogP contribution is -2.13. The molecule has 1 heterocycles. The summed E-state index contributed by atoms with van der Waals surface area (Å²) in [6, 6.07) is 7.42. The second-order valence-corrected chi connectivity index (χ2v) is 6.23. The minimum absolute atomic E-state index is 0.489. The number of rotatable bonds is 4. The Morgan fingerprint density at radius 3 is 2.61 bits per heavy atom. The number of halogens is 1. The zero-order valence-electron chi connectivity index (χ0n) is 9.76. The number of aromatic nitrogens is 1. The van der Waals surface area contributed by atoms with Crippen LogP contribution in [0.15, 0.2) is 34.9 Å². The van der Waals surface area contributed by atoms with Crippen LogP contribution < -0.4 is 0 Å². The number of benzene rings is 1. The molecule has 5 heteroatoms. The van der Waals surface area contributed by atoms with Gasteiger partial charge in [0.25, 0.3) is 0 Å². The van der Waals surface area contributed by atoms with E-state index >= 15 is 0 Å². The van der Waals surface area contributed by atoms with Gasteiger partial charge < -0.3 is 5.11 Å². The van der Waals surface area contributed by atoms with E-state index in [1.807, 2.05) is 31.2 Å². The van der Waals surface area contributed by atoms with Gasteiger partial charge in [-0.25, -0.2) is 4.98 Å². The number of aliphatic carboxylic acids is 1. The minimum atomic E-state index is -0.802. The molecule has 1 N–H and O–H groups in total. The van der Waals surface area contributed by atoms with E-state index < -0.39 is 11.9 Å². The Bertz CT molecular complexity index is 550. The van der Waals surface area contributed by atoms with Gasteiger partial charge in [0.2, 0.25) is 0 Å². The lowest BCUT2D eigenvalue weighted by Gasteiger charge is -2.11. The van der Waals surface area contributed by atoms with E-state index in [0.717, 1.165) is 19.9 Å². The molecule has 3 nitrogen and oxygen atoms in total. The molecule has 1 unspecified atom stereocenters. The molecule has 0 saturated carbocycles. The largest absolute Gasteiger partial charge is 0.481 e. The summed E-state index contributed by atoms with van der Waals surface area (Å²) in [6.45, 7) is 1.92. The Morgan fingerprint density at radius 2 is 2.11 bits per heavy atom. The topological polar surface area (TPSA) is 50.2 Å². The van der Waals surface area contributed by atoms with Gasteiger partial charge >= 0.3 is 5.97 Å². The molecule has 1 aromatic carbocycles. The van der Waals surface area contributed by atoms with Crippen LogP contribution >= 0.6 is 27.3 Å². The van der Waals surface area contributed by atoms with E-state index in [9.17, 15) is 9.90 Å². The van der Waals surface area contributed by atoms with Gasteiger partial charge in [-0.2, -0.15) is 0 Å². The highest BCUT2D eigenvalue weighted by atomic mass is 79.9. The normalized spacial score (nSPS) is 12.3. The molecule has 0 spiro atoms. The van der Waals surface area contributed by atoms with Crippen LogP contribution in [-0.4, -0.2) is 16.1 Å². The van der Waals surface area contributed by atoms with Crippen molar-refractivity contribution in [1.29, 1.82) is 0 Å². The van der Waals surface area contributed by atoms with Crippen molar-refractivity contribution >= 4 is 33.2 Å². The first-order valence-corrected chi connectivity index (χ1v) is 7.07. The van der Waals surface area contributed by atoms with Crippen molar-refractivity contribution < 1.29 is 9.90 Å². The molecular formula is C13H12BrNO2S. The fourth-order valence-corrected chi connectivity index (χ4v) is 2.85. The monoisotopic (exact) mass is 325 g/mol. The van der Waals surface area contributed by atoms with Gasteiger partial charge in [0, 0.05) is 22.0 Å². The molecule has 1 aromatic heterocycles. The van der Waals surface area contributed by atoms with E-state index in [2.05, 4.69) is 20.9 Å². The van der Waals surface area contributed by atoms with Crippen LogP contribution in [0.2, 0.25) is 0 Å². The minimum Gasteiger partial charge on any atom is -0.481 e. The summed E-state index contributed by atoms with van der Waals surface area (Å²) < 4.78 is 0.948. The lowest BCUT2D eigenvalue weighted by atomic mass is 9.95. The highest BCUT2D eigenvalue weighted by molar-refractivity contribution is 9.10. The van der Waals surface area contributed by atoms with Crippen molar-refractivity contribution in [3.8, 4) is 0 Å². The average molecular weight is 326 g/mol. The van der Waals surface area contributed by atoms with Gasteiger partial charge in [0.05, 0.1) is 10.9 Å². The molecule has 0 bridgehead atoms. The zero-order chi connectivity index (χ0) is 13.1. The Hall–Kier alpha value is -1.20. The summed E-state index contributed by atoms with van der Waals surface area (Å²) >= 11 is 4.89. The Labute approximate surface area is 118 Å². The fraction of sp³-hybridized carbons (Fsp3) is 0.231. The first-order valence-electron chi connectivity index (χ1n) is 5.46. The molecule has 0 amide bonds. The molecule has 2 rings (SSSR count). The number of hydrogen-bond donors (Lipinski definition) is 1. The van der Waals surface area contributed by atoms with E-state index in [1.54, 1.807) is 17.5 Å². The lowest BCUT2D eigenvalue weighted by molar-refractivity contribution is -0.138. The van der Waals surface area contributed by atoms with Crippen molar-refractivity contribution in [2.24, 2.45) is 0 Å². The molecule has 0 aliphatic heterocycles. The second-order valence-electron chi connectivity index (χ2n) is 3.99. The molecular weight excluding hydrogens is 314 g/mol.